The van der Waals surface area contributed by atoms with Crippen LogP contribution in [0, 0.1) is 12.3 Å². The van der Waals surface area contributed by atoms with E-state index in [1.54, 1.807) is 0 Å². The molecule has 106 valence electrons. The van der Waals surface area contributed by atoms with Crippen LogP contribution in [-0.2, 0) is 6.54 Å². The van der Waals surface area contributed by atoms with Gasteiger partial charge in [0.2, 0.25) is 0 Å². The first kappa shape index (κ1) is 14.4. The fourth-order valence-corrected chi connectivity index (χ4v) is 2.91. The predicted molar refractivity (Wildman–Crippen MR) is 83.8 cm³/mol. The van der Waals surface area contributed by atoms with Crippen molar-refractivity contribution in [3.05, 3.63) is 29.3 Å². The minimum atomic E-state index is 0.466. The molecule has 0 aromatic heterocycles. The smallest absolute Gasteiger partial charge is 0.0396 e. The Morgan fingerprint density at radius 3 is 2.68 bits per heavy atom. The van der Waals surface area contributed by atoms with Gasteiger partial charge in [-0.05, 0) is 48.9 Å². The Morgan fingerprint density at radius 2 is 2.11 bits per heavy atom. The zero-order chi connectivity index (χ0) is 13.9. The predicted octanol–water partition coefficient (Wildman–Crippen LogP) is 3.73. The number of anilines is 1. The van der Waals surface area contributed by atoms with Crippen molar-refractivity contribution in [1.82, 2.24) is 5.32 Å². The summed E-state index contributed by atoms with van der Waals surface area (Å²) >= 11 is 0. The van der Waals surface area contributed by atoms with Crippen molar-refractivity contribution >= 4 is 5.69 Å². The second-order valence-electron chi connectivity index (χ2n) is 6.63. The molecule has 0 saturated carbocycles. The summed E-state index contributed by atoms with van der Waals surface area (Å²) in [6.07, 6.45) is 2.49. The first-order valence-corrected chi connectivity index (χ1v) is 7.57. The molecule has 1 aromatic carbocycles. The molecule has 2 rings (SSSR count). The van der Waals surface area contributed by atoms with Gasteiger partial charge in [-0.25, -0.2) is 0 Å². The van der Waals surface area contributed by atoms with Gasteiger partial charge in [0.1, 0.15) is 0 Å². The Kier molecular flexibility index (Phi) is 4.51. The van der Waals surface area contributed by atoms with E-state index in [0.717, 1.165) is 13.1 Å². The van der Waals surface area contributed by atoms with Gasteiger partial charge in [-0.2, -0.15) is 0 Å². The van der Waals surface area contributed by atoms with Crippen molar-refractivity contribution in [3.8, 4) is 0 Å². The monoisotopic (exact) mass is 260 g/mol. The number of benzene rings is 1. The number of nitrogens with one attached hydrogen (secondary N) is 1. The average molecular weight is 260 g/mol. The van der Waals surface area contributed by atoms with Gasteiger partial charge in [0.25, 0.3) is 0 Å². The molecule has 2 heteroatoms. The fraction of sp³-hybridized carbons (Fsp3) is 0.647. The molecule has 2 nitrogen and oxygen atoms in total. The molecule has 1 N–H and O–H groups in total. The summed E-state index contributed by atoms with van der Waals surface area (Å²) < 4.78 is 0. The molecule has 0 unspecified atom stereocenters. The number of hydrogen-bond acceptors (Lipinski definition) is 2. The van der Waals surface area contributed by atoms with Crippen LogP contribution in [-0.4, -0.2) is 19.6 Å². The molecule has 0 amide bonds. The van der Waals surface area contributed by atoms with E-state index in [1.165, 1.54) is 42.7 Å². The minimum Gasteiger partial charge on any atom is -0.371 e. The summed E-state index contributed by atoms with van der Waals surface area (Å²) in [6.45, 7) is 13.6. The second-order valence-corrected chi connectivity index (χ2v) is 6.63. The van der Waals surface area contributed by atoms with Crippen LogP contribution in [0.4, 0.5) is 5.69 Å². The summed E-state index contributed by atoms with van der Waals surface area (Å²) in [5, 5.41) is 3.47. The van der Waals surface area contributed by atoms with E-state index in [9.17, 15) is 0 Å². The Balaban J connectivity index is 2.03. The maximum Gasteiger partial charge on any atom is 0.0396 e. The third-order valence-electron chi connectivity index (χ3n) is 4.04. The van der Waals surface area contributed by atoms with E-state index in [4.69, 9.17) is 0 Å². The maximum atomic E-state index is 3.47. The van der Waals surface area contributed by atoms with Crippen molar-refractivity contribution in [2.75, 3.05) is 24.5 Å². The van der Waals surface area contributed by atoms with Crippen molar-refractivity contribution in [2.45, 2.75) is 47.1 Å². The number of hydrogen-bond donors (Lipinski definition) is 1. The van der Waals surface area contributed by atoms with Gasteiger partial charge in [0, 0.05) is 25.3 Å². The highest BCUT2D eigenvalue weighted by atomic mass is 15.2. The fourth-order valence-electron chi connectivity index (χ4n) is 2.91. The quantitative estimate of drug-likeness (QED) is 0.812. The van der Waals surface area contributed by atoms with Crippen LogP contribution in [0.5, 0.6) is 0 Å². The van der Waals surface area contributed by atoms with Crippen LogP contribution < -0.4 is 10.2 Å². The zero-order valence-electron chi connectivity index (χ0n) is 12.9. The van der Waals surface area contributed by atoms with Crippen LogP contribution in [0.2, 0.25) is 0 Å². The van der Waals surface area contributed by atoms with E-state index < -0.39 is 0 Å². The highest BCUT2D eigenvalue weighted by Crippen LogP contribution is 2.34. The van der Waals surface area contributed by atoms with Crippen LogP contribution >= 0.6 is 0 Å². The zero-order valence-corrected chi connectivity index (χ0v) is 12.9. The summed E-state index contributed by atoms with van der Waals surface area (Å²) in [6, 6.07) is 6.92. The van der Waals surface area contributed by atoms with Gasteiger partial charge >= 0.3 is 0 Å². The topological polar surface area (TPSA) is 15.3 Å². The van der Waals surface area contributed by atoms with Crippen LogP contribution in [0.1, 0.15) is 44.7 Å². The molecular weight excluding hydrogens is 232 g/mol. The molecule has 0 bridgehead atoms. The standard InChI is InChI=1S/C17H28N2/c1-5-9-18-12-15-6-7-16(14(2)11-15)19-10-8-17(3,4)13-19/h6-7,11,18H,5,8-10,12-13H2,1-4H3. The molecule has 0 aliphatic carbocycles. The Labute approximate surface area is 118 Å². The lowest BCUT2D eigenvalue weighted by Crippen LogP contribution is -2.23. The number of nitrogens with zero attached hydrogens (tertiary/aromatic N) is 1. The van der Waals surface area contributed by atoms with Crippen LogP contribution in [0.3, 0.4) is 0 Å². The average Bonchev–Trinajstić information content (AvgIpc) is 2.70. The molecule has 1 aromatic rings. The van der Waals surface area contributed by atoms with Crippen molar-refractivity contribution in [2.24, 2.45) is 5.41 Å². The molecule has 1 aliphatic rings. The molecule has 1 aliphatic heterocycles. The highest BCUT2D eigenvalue weighted by molar-refractivity contribution is 5.55. The van der Waals surface area contributed by atoms with E-state index in [0.29, 0.717) is 5.41 Å². The molecule has 0 spiro atoms. The van der Waals surface area contributed by atoms with E-state index in [1.807, 2.05) is 0 Å². The Morgan fingerprint density at radius 1 is 1.32 bits per heavy atom. The van der Waals surface area contributed by atoms with Crippen molar-refractivity contribution in [3.63, 3.8) is 0 Å². The summed E-state index contributed by atoms with van der Waals surface area (Å²) in [5.41, 5.74) is 4.69. The third-order valence-corrected chi connectivity index (χ3v) is 4.04. The lowest BCUT2D eigenvalue weighted by atomic mass is 9.93. The maximum absolute atomic E-state index is 3.47. The van der Waals surface area contributed by atoms with Gasteiger partial charge in [-0.1, -0.05) is 32.9 Å². The van der Waals surface area contributed by atoms with Gasteiger partial charge in [-0.15, -0.1) is 0 Å². The first-order valence-electron chi connectivity index (χ1n) is 7.57. The van der Waals surface area contributed by atoms with Gasteiger partial charge in [0.05, 0.1) is 0 Å². The molecular formula is C17H28N2. The molecule has 1 saturated heterocycles. The molecule has 1 heterocycles. The Hall–Kier alpha value is -1.02. The number of aryl methyl sites for hydroxylation is 1. The summed E-state index contributed by atoms with van der Waals surface area (Å²) in [5.74, 6) is 0. The normalized spacial score (nSPS) is 18.0. The van der Waals surface area contributed by atoms with Crippen LogP contribution in [0.15, 0.2) is 18.2 Å². The largest absolute Gasteiger partial charge is 0.371 e. The molecule has 19 heavy (non-hydrogen) atoms. The molecule has 1 fully saturated rings. The van der Waals surface area contributed by atoms with Gasteiger partial charge in [-0.3, -0.25) is 0 Å². The minimum absolute atomic E-state index is 0.466. The molecule has 0 radical (unpaired) electrons. The lowest BCUT2D eigenvalue weighted by Gasteiger charge is -2.23. The summed E-state index contributed by atoms with van der Waals surface area (Å²) in [7, 11) is 0. The third kappa shape index (κ3) is 3.73. The summed E-state index contributed by atoms with van der Waals surface area (Å²) in [4.78, 5) is 2.54. The lowest BCUT2D eigenvalue weighted by molar-refractivity contribution is 0.418. The molecule has 0 atom stereocenters. The second kappa shape index (κ2) is 5.96. The van der Waals surface area contributed by atoms with E-state index in [-0.39, 0.29) is 0 Å². The van der Waals surface area contributed by atoms with E-state index in [2.05, 4.69) is 56.1 Å². The first-order chi connectivity index (χ1) is 9.02. The van der Waals surface area contributed by atoms with Crippen LogP contribution in [0.25, 0.3) is 0 Å². The highest BCUT2D eigenvalue weighted by Gasteiger charge is 2.29. The Bertz CT molecular complexity index is 423. The van der Waals surface area contributed by atoms with Gasteiger partial charge in [0.15, 0.2) is 0 Å². The van der Waals surface area contributed by atoms with Gasteiger partial charge < -0.3 is 10.2 Å². The van der Waals surface area contributed by atoms with E-state index >= 15 is 0 Å². The van der Waals surface area contributed by atoms with Crippen molar-refractivity contribution in [1.29, 1.82) is 0 Å². The SMILES string of the molecule is CCCNCc1ccc(N2CCC(C)(C)C2)c(C)c1. The number of rotatable bonds is 5. The van der Waals surface area contributed by atoms with Crippen molar-refractivity contribution < 1.29 is 0 Å².